The fourth-order valence-corrected chi connectivity index (χ4v) is 8.06. The van der Waals surface area contributed by atoms with Gasteiger partial charge in [0.1, 0.15) is 0 Å². The van der Waals surface area contributed by atoms with Crippen LogP contribution in [0.3, 0.4) is 0 Å². The van der Waals surface area contributed by atoms with Crippen molar-refractivity contribution in [3.63, 3.8) is 0 Å². The number of hydrogen-bond acceptors (Lipinski definition) is 2. The van der Waals surface area contributed by atoms with Gasteiger partial charge < -0.3 is 9.80 Å². The summed E-state index contributed by atoms with van der Waals surface area (Å²) in [5.41, 5.74) is 0. The van der Waals surface area contributed by atoms with Crippen molar-refractivity contribution < 1.29 is 0 Å². The molecule has 0 fully saturated rings. The second kappa shape index (κ2) is 49.0. The van der Waals surface area contributed by atoms with Crippen LogP contribution in [0, 0.1) is 0 Å². The van der Waals surface area contributed by atoms with E-state index in [2.05, 4.69) is 105 Å². The first kappa shape index (κ1) is 55.6. The van der Waals surface area contributed by atoms with Crippen molar-refractivity contribution in [2.45, 2.75) is 258 Å². The maximum absolute atomic E-state index is 2.98. The molecular weight excluding hydrogens is 689 g/mol. The summed E-state index contributed by atoms with van der Waals surface area (Å²) < 4.78 is 0. The summed E-state index contributed by atoms with van der Waals surface area (Å²) in [6.07, 6.45) is 72.6. The Labute approximate surface area is 361 Å². The average Bonchev–Trinajstić information content (AvgIpc) is 3.21. The first-order valence-electron chi connectivity index (χ1n) is 25.8. The van der Waals surface area contributed by atoms with Gasteiger partial charge in [0.05, 0.1) is 0 Å². The minimum absolute atomic E-state index is 0.793. The Morgan fingerprint density at radius 3 is 1.04 bits per heavy atom. The zero-order valence-electron chi connectivity index (χ0n) is 39.8. The SMILES string of the molecule is CC/C=C\CCCCCCCCC(CCCCCCCC/C=C\C/C=C\CCCCC)N(CCCCCCCCC/C=C\C/C=C\CCCCC)CCCN(C)C. The number of allylic oxidation sites excluding steroid dienone is 10. The van der Waals surface area contributed by atoms with E-state index in [-0.39, 0.29) is 0 Å². The van der Waals surface area contributed by atoms with Gasteiger partial charge in [0.15, 0.2) is 0 Å². The summed E-state index contributed by atoms with van der Waals surface area (Å²) in [4.78, 5) is 5.36. The van der Waals surface area contributed by atoms with Crippen molar-refractivity contribution >= 4 is 0 Å². The minimum Gasteiger partial charge on any atom is -0.309 e. The molecule has 0 rings (SSSR count). The topological polar surface area (TPSA) is 6.48 Å². The predicted molar refractivity (Wildman–Crippen MR) is 263 cm³/mol. The third kappa shape index (κ3) is 45.6. The lowest BCUT2D eigenvalue weighted by atomic mass is 9.97. The fraction of sp³-hybridized carbons (Fsp3) is 0.818. The van der Waals surface area contributed by atoms with Crippen molar-refractivity contribution in [3.8, 4) is 0 Å². The van der Waals surface area contributed by atoms with E-state index in [0.29, 0.717) is 0 Å². The van der Waals surface area contributed by atoms with E-state index in [0.717, 1.165) is 18.9 Å². The highest BCUT2D eigenvalue weighted by Crippen LogP contribution is 2.21. The standard InChI is InChI=1S/C55H104N2/c1-6-9-12-15-18-21-24-26-28-30-32-34-36-39-42-45-48-53-57(54-49-52-56(4)5)55(50-46-43-40-37-23-20-17-14-11-8-3)51-47-44-41-38-35-33-31-29-27-25-22-19-16-13-10-7-2/h11,14,18-19,21-22,26-29,55H,6-10,12-13,15-17,20,23-25,30-54H2,1-5H3/b14-11-,21-18-,22-19-,28-26-,29-27-. The molecule has 2 nitrogen and oxygen atoms in total. The van der Waals surface area contributed by atoms with E-state index in [9.17, 15) is 0 Å². The normalized spacial score (nSPS) is 13.2. The second-order valence-corrected chi connectivity index (χ2v) is 17.7. The van der Waals surface area contributed by atoms with Crippen LogP contribution >= 0.6 is 0 Å². The zero-order chi connectivity index (χ0) is 41.4. The molecule has 0 aliphatic carbocycles. The lowest BCUT2D eigenvalue weighted by molar-refractivity contribution is 0.159. The van der Waals surface area contributed by atoms with Crippen LogP contribution in [-0.2, 0) is 0 Å². The molecule has 0 aromatic heterocycles. The van der Waals surface area contributed by atoms with Gasteiger partial charge >= 0.3 is 0 Å². The molecule has 0 N–H and O–H groups in total. The van der Waals surface area contributed by atoms with E-state index < -0.39 is 0 Å². The van der Waals surface area contributed by atoms with Crippen molar-refractivity contribution in [2.24, 2.45) is 0 Å². The van der Waals surface area contributed by atoms with Gasteiger partial charge in [-0.25, -0.2) is 0 Å². The molecule has 0 aliphatic rings. The molecule has 1 unspecified atom stereocenters. The molecule has 334 valence electrons. The Morgan fingerprint density at radius 2 is 0.649 bits per heavy atom. The average molecular weight is 793 g/mol. The van der Waals surface area contributed by atoms with Crippen LogP contribution in [0.5, 0.6) is 0 Å². The molecule has 0 bridgehead atoms. The highest BCUT2D eigenvalue weighted by molar-refractivity contribution is 4.93. The zero-order valence-corrected chi connectivity index (χ0v) is 39.8. The third-order valence-corrected chi connectivity index (χ3v) is 11.8. The van der Waals surface area contributed by atoms with Gasteiger partial charge in [0.2, 0.25) is 0 Å². The number of unbranched alkanes of at least 4 members (excludes halogenated alkanes) is 25. The van der Waals surface area contributed by atoms with Crippen LogP contribution in [0.4, 0.5) is 0 Å². The lowest BCUT2D eigenvalue weighted by Gasteiger charge is -2.33. The molecule has 2 heteroatoms. The maximum atomic E-state index is 2.98. The highest BCUT2D eigenvalue weighted by atomic mass is 15.2. The van der Waals surface area contributed by atoms with Gasteiger partial charge in [0, 0.05) is 6.04 Å². The second-order valence-electron chi connectivity index (χ2n) is 17.7. The van der Waals surface area contributed by atoms with Gasteiger partial charge in [-0.2, -0.15) is 0 Å². The molecule has 0 amide bonds. The van der Waals surface area contributed by atoms with Gasteiger partial charge in [0.25, 0.3) is 0 Å². The maximum Gasteiger partial charge on any atom is 0.00952 e. The van der Waals surface area contributed by atoms with Crippen LogP contribution in [0.15, 0.2) is 60.8 Å². The van der Waals surface area contributed by atoms with Crippen molar-refractivity contribution in [1.29, 1.82) is 0 Å². The predicted octanol–water partition coefficient (Wildman–Crippen LogP) is 18.1. The molecule has 0 saturated carbocycles. The molecule has 0 radical (unpaired) electrons. The molecule has 57 heavy (non-hydrogen) atoms. The summed E-state index contributed by atoms with van der Waals surface area (Å²) in [6, 6.07) is 0.793. The van der Waals surface area contributed by atoms with E-state index >= 15 is 0 Å². The highest BCUT2D eigenvalue weighted by Gasteiger charge is 2.18. The van der Waals surface area contributed by atoms with Crippen molar-refractivity contribution in [2.75, 3.05) is 33.7 Å². The molecule has 0 aromatic rings. The molecule has 0 aliphatic heterocycles. The summed E-state index contributed by atoms with van der Waals surface area (Å²) >= 11 is 0. The van der Waals surface area contributed by atoms with Crippen LogP contribution in [0.25, 0.3) is 0 Å². The van der Waals surface area contributed by atoms with Gasteiger partial charge in [-0.05, 0) is 143 Å². The first-order valence-corrected chi connectivity index (χ1v) is 25.8. The van der Waals surface area contributed by atoms with Crippen LogP contribution < -0.4 is 0 Å². The van der Waals surface area contributed by atoms with Crippen LogP contribution in [0.1, 0.15) is 252 Å². The van der Waals surface area contributed by atoms with Crippen LogP contribution in [-0.4, -0.2) is 49.6 Å². The van der Waals surface area contributed by atoms with Crippen molar-refractivity contribution in [1.82, 2.24) is 9.80 Å². The molecule has 0 aromatic carbocycles. The molecule has 1 atom stereocenters. The quantitative estimate of drug-likeness (QED) is 0.0447. The summed E-state index contributed by atoms with van der Waals surface area (Å²) in [7, 11) is 4.49. The Hall–Kier alpha value is -1.38. The molecule has 0 spiro atoms. The lowest BCUT2D eigenvalue weighted by Crippen LogP contribution is -2.38. The summed E-state index contributed by atoms with van der Waals surface area (Å²) in [5, 5.41) is 0. The smallest absolute Gasteiger partial charge is 0.00952 e. The Morgan fingerprint density at radius 1 is 0.316 bits per heavy atom. The van der Waals surface area contributed by atoms with E-state index in [1.165, 1.54) is 238 Å². The van der Waals surface area contributed by atoms with Gasteiger partial charge in [-0.15, -0.1) is 0 Å². The Kier molecular flexibility index (Phi) is 47.8. The minimum atomic E-state index is 0.793. The molecule has 0 heterocycles. The van der Waals surface area contributed by atoms with E-state index in [4.69, 9.17) is 0 Å². The van der Waals surface area contributed by atoms with Gasteiger partial charge in [-0.1, -0.05) is 204 Å². The Bertz CT molecular complexity index is 894. The van der Waals surface area contributed by atoms with Crippen LogP contribution in [0.2, 0.25) is 0 Å². The first-order chi connectivity index (χ1) is 28.2. The van der Waals surface area contributed by atoms with Crippen molar-refractivity contribution in [3.05, 3.63) is 60.8 Å². The number of hydrogen-bond donors (Lipinski definition) is 0. The monoisotopic (exact) mass is 793 g/mol. The van der Waals surface area contributed by atoms with Gasteiger partial charge in [-0.3, -0.25) is 0 Å². The van der Waals surface area contributed by atoms with E-state index in [1.807, 2.05) is 0 Å². The Balaban J connectivity index is 4.64. The molecule has 0 saturated heterocycles. The summed E-state index contributed by atoms with van der Waals surface area (Å²) in [5.74, 6) is 0. The number of rotatable bonds is 46. The summed E-state index contributed by atoms with van der Waals surface area (Å²) in [6.45, 7) is 10.6. The van der Waals surface area contributed by atoms with E-state index in [1.54, 1.807) is 0 Å². The molecular formula is C55H104N2. The number of nitrogens with zero attached hydrogens (tertiary/aromatic N) is 2. The third-order valence-electron chi connectivity index (χ3n) is 11.8. The largest absolute Gasteiger partial charge is 0.309 e. The fourth-order valence-electron chi connectivity index (χ4n) is 8.06.